The minimum Gasteiger partial charge on any atom is -0.379 e. The Labute approximate surface area is 126 Å². The number of benzene rings is 1. The van der Waals surface area contributed by atoms with E-state index in [2.05, 4.69) is 12.1 Å². The summed E-state index contributed by atoms with van der Waals surface area (Å²) in [4.78, 5) is 0. The van der Waals surface area contributed by atoms with Gasteiger partial charge in [0.15, 0.2) is 0 Å². The highest BCUT2D eigenvalue weighted by Crippen LogP contribution is 2.26. The van der Waals surface area contributed by atoms with Crippen LogP contribution in [0.15, 0.2) is 30.3 Å². The molecule has 0 radical (unpaired) electrons. The Balaban J connectivity index is 1.73. The minimum absolute atomic E-state index is 0.0836. The van der Waals surface area contributed by atoms with E-state index >= 15 is 0 Å². The van der Waals surface area contributed by atoms with Gasteiger partial charge in [0.1, 0.15) is 0 Å². The summed E-state index contributed by atoms with van der Waals surface area (Å²) in [6.45, 7) is 2.57. The van der Waals surface area contributed by atoms with Crippen molar-refractivity contribution in [1.82, 2.24) is 8.61 Å². The maximum absolute atomic E-state index is 12.8. The van der Waals surface area contributed by atoms with Gasteiger partial charge in [0.2, 0.25) is 0 Å². The highest BCUT2D eigenvalue weighted by Gasteiger charge is 2.38. The second kappa shape index (κ2) is 6.44. The average molecular weight is 310 g/mol. The van der Waals surface area contributed by atoms with Gasteiger partial charge in [-0.3, -0.25) is 0 Å². The van der Waals surface area contributed by atoms with Crippen LogP contribution in [-0.2, 0) is 21.4 Å². The largest absolute Gasteiger partial charge is 0.379 e. The molecule has 0 aromatic heterocycles. The zero-order valence-electron chi connectivity index (χ0n) is 12.1. The molecule has 2 aliphatic heterocycles. The van der Waals surface area contributed by atoms with E-state index in [0.29, 0.717) is 32.8 Å². The third-order valence-electron chi connectivity index (χ3n) is 4.23. The van der Waals surface area contributed by atoms with Crippen LogP contribution in [0.2, 0.25) is 0 Å². The molecule has 6 heteroatoms. The number of ether oxygens (including phenoxy) is 1. The molecule has 2 heterocycles. The van der Waals surface area contributed by atoms with Gasteiger partial charge in [-0.05, 0) is 24.8 Å². The fraction of sp³-hybridized carbons (Fsp3) is 0.600. The first-order chi connectivity index (χ1) is 10.2. The molecule has 2 aliphatic rings. The van der Waals surface area contributed by atoms with Crippen molar-refractivity contribution in [2.45, 2.75) is 25.3 Å². The van der Waals surface area contributed by atoms with E-state index in [-0.39, 0.29) is 6.04 Å². The zero-order valence-corrected chi connectivity index (χ0v) is 13.0. The molecule has 116 valence electrons. The van der Waals surface area contributed by atoms with Crippen molar-refractivity contribution in [2.75, 3.05) is 32.8 Å². The normalized spacial score (nSPS) is 25.2. The van der Waals surface area contributed by atoms with Crippen molar-refractivity contribution in [3.63, 3.8) is 0 Å². The average Bonchev–Trinajstić information content (AvgIpc) is 2.98. The Hall–Kier alpha value is -0.950. The first kappa shape index (κ1) is 15.0. The lowest BCUT2D eigenvalue weighted by Gasteiger charge is -2.33. The van der Waals surface area contributed by atoms with Crippen LogP contribution in [0.5, 0.6) is 0 Å². The van der Waals surface area contributed by atoms with Crippen molar-refractivity contribution in [3.8, 4) is 0 Å². The second-order valence-corrected chi connectivity index (χ2v) is 7.50. The molecule has 21 heavy (non-hydrogen) atoms. The number of rotatable bonds is 4. The molecule has 1 aromatic carbocycles. The molecule has 0 saturated carbocycles. The smallest absolute Gasteiger partial charge is 0.282 e. The summed E-state index contributed by atoms with van der Waals surface area (Å²) in [5.41, 5.74) is 1.20. The topological polar surface area (TPSA) is 49.9 Å². The maximum Gasteiger partial charge on any atom is 0.282 e. The van der Waals surface area contributed by atoms with E-state index in [0.717, 1.165) is 19.3 Å². The van der Waals surface area contributed by atoms with Gasteiger partial charge in [-0.1, -0.05) is 30.3 Å². The summed E-state index contributed by atoms with van der Waals surface area (Å²) in [6, 6.07) is 10.2. The molecule has 0 aliphatic carbocycles. The van der Waals surface area contributed by atoms with Gasteiger partial charge in [-0.15, -0.1) is 0 Å². The SMILES string of the molecule is O=S(=O)(N1CCOCC1)N1CCC[C@H]1Cc1ccccc1. The second-order valence-electron chi connectivity index (χ2n) is 5.62. The van der Waals surface area contributed by atoms with Crippen LogP contribution in [0, 0.1) is 0 Å². The van der Waals surface area contributed by atoms with Crippen LogP contribution in [-0.4, -0.2) is 55.9 Å². The lowest BCUT2D eigenvalue weighted by molar-refractivity contribution is 0.0699. The summed E-state index contributed by atoms with van der Waals surface area (Å²) in [5, 5.41) is 0. The van der Waals surface area contributed by atoms with E-state index in [1.165, 1.54) is 5.56 Å². The van der Waals surface area contributed by atoms with Crippen LogP contribution < -0.4 is 0 Å². The Morgan fingerprint density at radius 2 is 1.81 bits per heavy atom. The quantitative estimate of drug-likeness (QED) is 0.841. The van der Waals surface area contributed by atoms with E-state index in [1.54, 1.807) is 8.61 Å². The molecular formula is C15H22N2O3S. The molecule has 5 nitrogen and oxygen atoms in total. The fourth-order valence-electron chi connectivity index (χ4n) is 3.13. The fourth-order valence-corrected chi connectivity index (χ4v) is 4.95. The molecule has 0 spiro atoms. The highest BCUT2D eigenvalue weighted by atomic mass is 32.2. The van der Waals surface area contributed by atoms with Gasteiger partial charge in [0, 0.05) is 25.7 Å². The van der Waals surface area contributed by atoms with Crippen LogP contribution >= 0.6 is 0 Å². The number of morpholine rings is 1. The Kier molecular flexibility index (Phi) is 4.59. The third kappa shape index (κ3) is 3.29. The Bertz CT molecular complexity index is 556. The van der Waals surface area contributed by atoms with Crippen molar-refractivity contribution in [2.24, 2.45) is 0 Å². The molecule has 0 amide bonds. The summed E-state index contributed by atoms with van der Waals surface area (Å²) < 4.78 is 34.1. The molecule has 0 unspecified atom stereocenters. The summed E-state index contributed by atoms with van der Waals surface area (Å²) in [7, 11) is -3.34. The third-order valence-corrected chi connectivity index (χ3v) is 6.32. The predicted molar refractivity (Wildman–Crippen MR) is 81.2 cm³/mol. The van der Waals surface area contributed by atoms with Gasteiger partial charge in [0.05, 0.1) is 13.2 Å². The van der Waals surface area contributed by atoms with E-state index in [4.69, 9.17) is 4.74 Å². The van der Waals surface area contributed by atoms with E-state index in [1.807, 2.05) is 18.2 Å². The Morgan fingerprint density at radius 1 is 1.10 bits per heavy atom. The highest BCUT2D eigenvalue weighted by molar-refractivity contribution is 7.86. The lowest BCUT2D eigenvalue weighted by atomic mass is 10.1. The molecule has 2 saturated heterocycles. The van der Waals surface area contributed by atoms with Crippen molar-refractivity contribution in [1.29, 1.82) is 0 Å². The van der Waals surface area contributed by atoms with Crippen LogP contribution in [0.1, 0.15) is 18.4 Å². The van der Waals surface area contributed by atoms with Gasteiger partial charge < -0.3 is 4.74 Å². The number of nitrogens with zero attached hydrogens (tertiary/aromatic N) is 2. The van der Waals surface area contributed by atoms with Crippen LogP contribution in [0.4, 0.5) is 0 Å². The van der Waals surface area contributed by atoms with Gasteiger partial charge in [-0.2, -0.15) is 17.0 Å². The molecule has 0 N–H and O–H groups in total. The van der Waals surface area contributed by atoms with Gasteiger partial charge >= 0.3 is 0 Å². The summed E-state index contributed by atoms with van der Waals surface area (Å²) in [6.07, 6.45) is 2.68. The maximum atomic E-state index is 12.8. The number of hydrogen-bond donors (Lipinski definition) is 0. The molecule has 0 bridgehead atoms. The predicted octanol–water partition coefficient (Wildman–Crippen LogP) is 1.27. The summed E-state index contributed by atoms with van der Waals surface area (Å²) >= 11 is 0. The standard InChI is InChI=1S/C15H22N2O3S/c18-21(19,16-9-11-20-12-10-16)17-8-4-7-15(17)13-14-5-2-1-3-6-14/h1-3,5-6,15H,4,7-13H2/t15-/m0/s1. The zero-order chi connectivity index (χ0) is 14.7. The van der Waals surface area contributed by atoms with Gasteiger partial charge in [-0.25, -0.2) is 0 Å². The van der Waals surface area contributed by atoms with E-state index < -0.39 is 10.2 Å². The first-order valence-corrected chi connectivity index (χ1v) is 8.96. The van der Waals surface area contributed by atoms with Crippen LogP contribution in [0.25, 0.3) is 0 Å². The first-order valence-electron chi connectivity index (χ1n) is 7.56. The van der Waals surface area contributed by atoms with Crippen molar-refractivity contribution in [3.05, 3.63) is 35.9 Å². The monoisotopic (exact) mass is 310 g/mol. The minimum atomic E-state index is -3.34. The molecule has 2 fully saturated rings. The molecule has 1 aromatic rings. The summed E-state index contributed by atoms with van der Waals surface area (Å²) in [5.74, 6) is 0. The molecule has 1 atom stereocenters. The van der Waals surface area contributed by atoms with Crippen LogP contribution in [0.3, 0.4) is 0 Å². The number of hydrogen-bond acceptors (Lipinski definition) is 3. The molecular weight excluding hydrogens is 288 g/mol. The van der Waals surface area contributed by atoms with Crippen molar-refractivity contribution >= 4 is 10.2 Å². The van der Waals surface area contributed by atoms with Crippen molar-refractivity contribution < 1.29 is 13.2 Å². The van der Waals surface area contributed by atoms with E-state index in [9.17, 15) is 8.42 Å². The van der Waals surface area contributed by atoms with Gasteiger partial charge in [0.25, 0.3) is 10.2 Å². The Morgan fingerprint density at radius 3 is 2.52 bits per heavy atom. The lowest BCUT2D eigenvalue weighted by Crippen LogP contribution is -2.50. The molecule has 3 rings (SSSR count).